The van der Waals surface area contributed by atoms with Gasteiger partial charge in [0.2, 0.25) is 0 Å². The fourth-order valence-electron chi connectivity index (χ4n) is 5.62. The largest absolute Gasteiger partial charge is 0.540 e. The van der Waals surface area contributed by atoms with Crippen molar-refractivity contribution in [1.82, 2.24) is 9.55 Å². The molecule has 0 aliphatic heterocycles. The first-order valence-corrected chi connectivity index (χ1v) is 21.2. The number of ether oxygens (including phenoxy) is 3. The van der Waals surface area contributed by atoms with Gasteiger partial charge in [-0.25, -0.2) is 4.98 Å². The van der Waals surface area contributed by atoms with Gasteiger partial charge in [-0.05, 0) is 66.3 Å². The first-order valence-electron chi connectivity index (χ1n) is 14.5. The molecule has 222 valence electrons. The molecule has 0 saturated heterocycles. The quantitative estimate of drug-likeness (QED) is 0.143. The average Bonchev–Trinajstić information content (AvgIpc) is 3.18. The smallest absolute Gasteiger partial charge is 0.258 e. The van der Waals surface area contributed by atoms with E-state index in [9.17, 15) is 0 Å². The number of imidazole rings is 1. The number of benzene rings is 1. The molecule has 0 amide bonds. The summed E-state index contributed by atoms with van der Waals surface area (Å²) in [6.07, 6.45) is 1.92. The van der Waals surface area contributed by atoms with Crippen molar-refractivity contribution in [2.45, 2.75) is 118 Å². The molecule has 9 heteroatoms. The Bertz CT molecular complexity index is 1070. The van der Waals surface area contributed by atoms with Crippen LogP contribution in [0.15, 0.2) is 10.7 Å². The zero-order valence-corrected chi connectivity index (χ0v) is 30.3. The Balaban J connectivity index is 2.87. The van der Waals surface area contributed by atoms with Gasteiger partial charge in [0.1, 0.15) is 18.3 Å². The van der Waals surface area contributed by atoms with Crippen molar-refractivity contribution in [3.63, 3.8) is 0 Å². The molecule has 39 heavy (non-hydrogen) atoms. The second kappa shape index (κ2) is 14.1. The molecular weight excluding hydrogens is 588 g/mol. The summed E-state index contributed by atoms with van der Waals surface area (Å²) in [5.74, 6) is 3.21. The molecular formula is C30H53BrN2O4Si2. The van der Waals surface area contributed by atoms with Crippen LogP contribution in [0.2, 0.25) is 42.3 Å². The van der Waals surface area contributed by atoms with Gasteiger partial charge in [-0.15, -0.1) is 0 Å². The fraction of sp³-hybridized carbons (Fsp3) is 0.700. The molecule has 0 fully saturated rings. The predicted molar refractivity (Wildman–Crippen MR) is 173 cm³/mol. The van der Waals surface area contributed by atoms with E-state index >= 15 is 0 Å². The number of aromatic nitrogens is 2. The van der Waals surface area contributed by atoms with Crippen LogP contribution in [0.25, 0.3) is 11.3 Å². The number of rotatable bonds is 15. The third-order valence-corrected chi connectivity index (χ3v) is 16.1. The maximum atomic E-state index is 7.44. The van der Waals surface area contributed by atoms with Crippen molar-refractivity contribution in [1.29, 1.82) is 0 Å². The van der Waals surface area contributed by atoms with Gasteiger partial charge in [-0.2, -0.15) is 0 Å². The lowest BCUT2D eigenvalue weighted by molar-refractivity contribution is 0.0868. The van der Waals surface area contributed by atoms with Crippen LogP contribution in [0.3, 0.4) is 0 Å². The Morgan fingerprint density at radius 1 is 0.872 bits per heavy atom. The first-order chi connectivity index (χ1) is 18.1. The van der Waals surface area contributed by atoms with Crippen molar-refractivity contribution in [2.24, 2.45) is 0 Å². The number of nitrogens with zero attached hydrogens (tertiary/aromatic N) is 2. The molecule has 6 nitrogen and oxygen atoms in total. The summed E-state index contributed by atoms with van der Waals surface area (Å²) in [5.41, 5.74) is 4.01. The van der Waals surface area contributed by atoms with Crippen LogP contribution in [0, 0.1) is 13.8 Å². The molecule has 0 N–H and O–H groups in total. The molecule has 1 aromatic heterocycles. The monoisotopic (exact) mass is 640 g/mol. The first kappa shape index (κ1) is 33.9. The van der Waals surface area contributed by atoms with Gasteiger partial charge in [-0.1, -0.05) is 61.2 Å². The normalized spacial score (nSPS) is 12.6. The molecule has 1 heterocycles. The lowest BCUT2D eigenvalue weighted by Gasteiger charge is -2.43. The highest BCUT2D eigenvalue weighted by Crippen LogP contribution is 2.54. The second-order valence-electron chi connectivity index (χ2n) is 12.6. The highest BCUT2D eigenvalue weighted by molar-refractivity contribution is 9.10. The summed E-state index contributed by atoms with van der Waals surface area (Å²) >= 11 is 3.95. The van der Waals surface area contributed by atoms with E-state index in [2.05, 4.69) is 88.6 Å². The molecule has 0 unspecified atom stereocenters. The molecule has 0 bridgehead atoms. The van der Waals surface area contributed by atoms with Crippen LogP contribution in [0.1, 0.15) is 66.8 Å². The van der Waals surface area contributed by atoms with E-state index in [0.717, 1.165) is 57.0 Å². The minimum absolute atomic E-state index is 0.405. The third kappa shape index (κ3) is 7.51. The molecule has 0 aliphatic rings. The summed E-state index contributed by atoms with van der Waals surface area (Å²) < 4.78 is 29.2. The fourth-order valence-corrected chi connectivity index (χ4v) is 12.4. The van der Waals surface area contributed by atoms with E-state index < -0.39 is 16.4 Å². The average molecular weight is 642 g/mol. The standard InChI is InChI=1S/C30H53BrN2O4Si2/c1-14-35-28-23(9)29(36-15-2)30(37-39(20(3)4,21(5)6)22(7)8)26(27(28)31)25-18-32-24(10)33(25)19-34-16-17-38(11,12)13/h18,20-22H,14-17,19H2,1-13H3. The van der Waals surface area contributed by atoms with Crippen LogP contribution in [0.5, 0.6) is 17.2 Å². The van der Waals surface area contributed by atoms with E-state index in [0.29, 0.717) is 36.6 Å². The van der Waals surface area contributed by atoms with Crippen molar-refractivity contribution < 1.29 is 18.6 Å². The minimum atomic E-state index is -2.34. The summed E-state index contributed by atoms with van der Waals surface area (Å²) in [6.45, 7) is 31.3. The van der Waals surface area contributed by atoms with Crippen LogP contribution >= 0.6 is 15.9 Å². The number of aryl methyl sites for hydroxylation is 1. The molecule has 0 aliphatic carbocycles. The van der Waals surface area contributed by atoms with E-state index in [1.54, 1.807) is 0 Å². The summed E-state index contributed by atoms with van der Waals surface area (Å²) in [6, 6.07) is 1.12. The van der Waals surface area contributed by atoms with E-state index in [-0.39, 0.29) is 0 Å². The zero-order chi connectivity index (χ0) is 29.7. The van der Waals surface area contributed by atoms with Gasteiger partial charge in [0.05, 0.1) is 35.1 Å². The summed E-state index contributed by atoms with van der Waals surface area (Å²) in [4.78, 5) is 4.72. The van der Waals surface area contributed by atoms with E-state index in [1.165, 1.54) is 0 Å². The number of hydrogen-bond donors (Lipinski definition) is 0. The Hall–Kier alpha value is -1.30. The predicted octanol–water partition coefficient (Wildman–Crippen LogP) is 9.59. The number of halogens is 1. The molecule has 2 aromatic rings. The van der Waals surface area contributed by atoms with Gasteiger partial charge in [-0.3, -0.25) is 0 Å². The lowest BCUT2D eigenvalue weighted by atomic mass is 10.1. The highest BCUT2D eigenvalue weighted by Gasteiger charge is 2.48. The van der Waals surface area contributed by atoms with Crippen LogP contribution in [-0.2, 0) is 11.5 Å². The van der Waals surface area contributed by atoms with E-state index in [4.69, 9.17) is 23.6 Å². The van der Waals surface area contributed by atoms with Gasteiger partial charge >= 0.3 is 0 Å². The van der Waals surface area contributed by atoms with Crippen LogP contribution < -0.4 is 13.9 Å². The topological polar surface area (TPSA) is 54.7 Å². The van der Waals surface area contributed by atoms with Gasteiger partial charge < -0.3 is 23.2 Å². The molecule has 0 radical (unpaired) electrons. The summed E-state index contributed by atoms with van der Waals surface area (Å²) in [7, 11) is -3.53. The van der Waals surface area contributed by atoms with Crippen LogP contribution in [0.4, 0.5) is 0 Å². The van der Waals surface area contributed by atoms with Gasteiger partial charge in [0.15, 0.2) is 11.5 Å². The summed E-state index contributed by atoms with van der Waals surface area (Å²) in [5, 5.41) is 0. The Morgan fingerprint density at radius 3 is 1.90 bits per heavy atom. The second-order valence-corrected chi connectivity index (χ2v) is 24.3. The van der Waals surface area contributed by atoms with Crippen molar-refractivity contribution in [3.05, 3.63) is 22.1 Å². The SMILES string of the molecule is CCOc1c(C)c(OCC)c(O[Si](C(C)C)(C(C)C)C(C)C)c(-c2cnc(C)n2COCC[Si](C)(C)C)c1Br. The van der Waals surface area contributed by atoms with Gasteiger partial charge in [0, 0.05) is 20.2 Å². The van der Waals surface area contributed by atoms with E-state index in [1.807, 2.05) is 27.0 Å². The maximum absolute atomic E-state index is 7.44. The Labute approximate surface area is 248 Å². The van der Waals surface area contributed by atoms with Crippen molar-refractivity contribution >= 4 is 32.3 Å². The van der Waals surface area contributed by atoms with Crippen LogP contribution in [-0.4, -0.2) is 45.8 Å². The zero-order valence-electron chi connectivity index (χ0n) is 26.8. The highest BCUT2D eigenvalue weighted by atomic mass is 79.9. The molecule has 1 aromatic carbocycles. The molecule has 0 saturated carbocycles. The van der Waals surface area contributed by atoms with Crippen molar-refractivity contribution in [3.8, 4) is 28.5 Å². The lowest BCUT2D eigenvalue weighted by Crippen LogP contribution is -2.51. The molecule has 0 spiro atoms. The molecule has 2 rings (SSSR count). The Morgan fingerprint density at radius 2 is 1.41 bits per heavy atom. The number of hydrogen-bond acceptors (Lipinski definition) is 5. The maximum Gasteiger partial charge on any atom is 0.258 e. The van der Waals surface area contributed by atoms with Crippen molar-refractivity contribution in [2.75, 3.05) is 19.8 Å². The molecule has 0 atom stereocenters. The minimum Gasteiger partial charge on any atom is -0.540 e. The Kier molecular flexibility index (Phi) is 12.2. The third-order valence-electron chi connectivity index (χ3n) is 7.62. The van der Waals surface area contributed by atoms with Gasteiger partial charge in [0.25, 0.3) is 8.32 Å².